The third-order valence-corrected chi connectivity index (χ3v) is 5.41. The minimum atomic E-state index is -4.37. The average Bonchev–Trinajstić information content (AvgIpc) is 3.32. The zero-order valence-corrected chi connectivity index (χ0v) is 19.4. The molecule has 0 aliphatic rings. The molecule has 0 unspecified atom stereocenters. The number of ether oxygens (including phenoxy) is 3. The molecule has 3 aromatic carbocycles. The molecule has 9 heteroatoms. The maximum absolute atomic E-state index is 12.8. The van der Waals surface area contributed by atoms with Crippen molar-refractivity contribution in [1.29, 1.82) is 0 Å². The van der Waals surface area contributed by atoms with Crippen molar-refractivity contribution in [2.24, 2.45) is 0 Å². The van der Waals surface area contributed by atoms with Crippen LogP contribution in [0.25, 0.3) is 22.4 Å². The van der Waals surface area contributed by atoms with Crippen LogP contribution in [0.5, 0.6) is 17.2 Å². The van der Waals surface area contributed by atoms with Crippen molar-refractivity contribution < 1.29 is 27.4 Å². The topological polar surface area (TPSA) is 58.4 Å². The Labute approximate surface area is 200 Å². The van der Waals surface area contributed by atoms with Crippen LogP contribution in [0.2, 0.25) is 0 Å². The summed E-state index contributed by atoms with van der Waals surface area (Å²) in [6.07, 6.45) is -2.79. The molecule has 0 fully saturated rings. The number of hydrogen-bond donors (Lipinski definition) is 0. The largest absolute Gasteiger partial charge is 0.497 e. The molecule has 1 atom stereocenters. The number of methoxy groups -OCH3 is 2. The van der Waals surface area contributed by atoms with Gasteiger partial charge in [0.1, 0.15) is 17.5 Å². The summed E-state index contributed by atoms with van der Waals surface area (Å²) in [5.74, 6) is 1.76. The molecule has 0 radical (unpaired) electrons. The van der Waals surface area contributed by atoms with Gasteiger partial charge in [-0.25, -0.2) is 4.68 Å². The van der Waals surface area contributed by atoms with Crippen LogP contribution in [0, 0.1) is 0 Å². The summed E-state index contributed by atoms with van der Waals surface area (Å²) in [5, 5.41) is 8.41. The van der Waals surface area contributed by atoms with Gasteiger partial charge in [-0.2, -0.15) is 13.2 Å². The van der Waals surface area contributed by atoms with Gasteiger partial charge in [0, 0.05) is 5.56 Å². The van der Waals surface area contributed by atoms with E-state index in [0.29, 0.717) is 23.6 Å². The van der Waals surface area contributed by atoms with Gasteiger partial charge in [0.05, 0.1) is 32.5 Å². The fourth-order valence-corrected chi connectivity index (χ4v) is 3.60. The Bertz CT molecular complexity index is 1270. The van der Waals surface area contributed by atoms with Gasteiger partial charge in [-0.1, -0.05) is 23.4 Å². The fraction of sp³-hybridized carbons (Fsp3) is 0.231. The zero-order chi connectivity index (χ0) is 25.0. The van der Waals surface area contributed by atoms with Gasteiger partial charge in [-0.15, -0.1) is 5.10 Å². The number of nitrogens with zero attached hydrogens (tertiary/aromatic N) is 3. The summed E-state index contributed by atoms with van der Waals surface area (Å²) < 4.78 is 56.9. The Balaban J connectivity index is 1.44. The summed E-state index contributed by atoms with van der Waals surface area (Å²) >= 11 is 0. The molecule has 4 rings (SSSR count). The minimum Gasteiger partial charge on any atom is -0.497 e. The highest BCUT2D eigenvalue weighted by Gasteiger charge is 2.30. The molecule has 1 aromatic heterocycles. The second-order valence-corrected chi connectivity index (χ2v) is 7.92. The van der Waals surface area contributed by atoms with E-state index >= 15 is 0 Å². The third kappa shape index (κ3) is 5.74. The monoisotopic (exact) mass is 483 g/mol. The van der Waals surface area contributed by atoms with Crippen LogP contribution in [0.1, 0.15) is 12.5 Å². The highest BCUT2D eigenvalue weighted by molar-refractivity contribution is 5.67. The molecule has 0 amide bonds. The van der Waals surface area contributed by atoms with E-state index in [2.05, 4.69) is 10.3 Å². The first-order valence-electron chi connectivity index (χ1n) is 10.8. The molecular weight excluding hydrogens is 459 g/mol. The van der Waals surface area contributed by atoms with Crippen LogP contribution in [-0.4, -0.2) is 35.3 Å². The van der Waals surface area contributed by atoms with Crippen molar-refractivity contribution in [3.8, 4) is 39.6 Å². The molecule has 0 spiro atoms. The molecule has 35 heavy (non-hydrogen) atoms. The lowest BCUT2D eigenvalue weighted by Crippen LogP contribution is -2.20. The van der Waals surface area contributed by atoms with Crippen LogP contribution < -0.4 is 14.2 Å². The lowest BCUT2D eigenvalue weighted by Gasteiger charge is -2.17. The summed E-state index contributed by atoms with van der Waals surface area (Å²) in [4.78, 5) is 0. The number of aromatic nitrogens is 3. The Hall–Kier alpha value is -4.01. The molecule has 0 saturated carbocycles. The number of alkyl halides is 3. The van der Waals surface area contributed by atoms with Gasteiger partial charge in [0.25, 0.3) is 0 Å². The average molecular weight is 483 g/mol. The quantitative estimate of drug-likeness (QED) is 0.302. The Kier molecular flexibility index (Phi) is 6.95. The van der Waals surface area contributed by atoms with Crippen LogP contribution >= 0.6 is 0 Å². The van der Waals surface area contributed by atoms with Crippen molar-refractivity contribution in [1.82, 2.24) is 15.0 Å². The van der Waals surface area contributed by atoms with E-state index in [9.17, 15) is 13.2 Å². The maximum atomic E-state index is 12.8. The molecule has 182 valence electrons. The van der Waals surface area contributed by atoms with Gasteiger partial charge >= 0.3 is 6.18 Å². The third-order valence-electron chi connectivity index (χ3n) is 5.41. The normalized spacial score (nSPS) is 12.3. The van der Waals surface area contributed by atoms with Gasteiger partial charge < -0.3 is 14.2 Å². The number of hydrogen-bond acceptors (Lipinski definition) is 5. The molecule has 0 aliphatic carbocycles. The summed E-state index contributed by atoms with van der Waals surface area (Å²) in [6.45, 7) is 2.35. The van der Waals surface area contributed by atoms with Crippen LogP contribution in [0.15, 0.2) is 72.9 Å². The number of benzene rings is 3. The molecule has 0 aliphatic heterocycles. The van der Waals surface area contributed by atoms with Crippen LogP contribution in [0.3, 0.4) is 0 Å². The van der Waals surface area contributed by atoms with E-state index in [1.807, 2.05) is 37.4 Å². The zero-order valence-electron chi connectivity index (χ0n) is 19.4. The molecule has 6 nitrogen and oxygen atoms in total. The van der Waals surface area contributed by atoms with Crippen LogP contribution in [0.4, 0.5) is 13.2 Å². The first kappa shape index (κ1) is 24.1. The second-order valence-electron chi connectivity index (χ2n) is 7.92. The van der Waals surface area contributed by atoms with Crippen molar-refractivity contribution in [3.05, 3.63) is 78.5 Å². The lowest BCUT2D eigenvalue weighted by atomic mass is 10.0. The van der Waals surface area contributed by atoms with Gasteiger partial charge in [0.2, 0.25) is 0 Å². The van der Waals surface area contributed by atoms with E-state index < -0.39 is 11.7 Å². The Morgan fingerprint density at radius 1 is 0.829 bits per heavy atom. The van der Waals surface area contributed by atoms with Gasteiger partial charge in [-0.05, 0) is 66.6 Å². The van der Waals surface area contributed by atoms with Crippen molar-refractivity contribution in [3.63, 3.8) is 0 Å². The number of rotatable bonds is 8. The maximum Gasteiger partial charge on any atom is 0.416 e. The first-order valence-corrected chi connectivity index (χ1v) is 10.8. The summed E-state index contributed by atoms with van der Waals surface area (Å²) in [5.41, 5.74) is 2.33. The molecular formula is C26H24F3N3O3. The summed E-state index contributed by atoms with van der Waals surface area (Å²) in [6, 6.07) is 17.8. The van der Waals surface area contributed by atoms with E-state index in [4.69, 9.17) is 14.2 Å². The van der Waals surface area contributed by atoms with Crippen molar-refractivity contribution in [2.45, 2.75) is 25.7 Å². The first-order chi connectivity index (χ1) is 16.8. The molecule has 4 aromatic rings. The SMILES string of the molecule is COc1ccc(-c2cn(C[C@@H](C)Oc3ccc(-c4ccc(C(F)(F)F)cc4)cc3OC)nn2)cc1. The minimum absolute atomic E-state index is 0.258. The van der Waals surface area contributed by atoms with Gasteiger partial charge in [-0.3, -0.25) is 0 Å². The second kappa shape index (κ2) is 10.1. The predicted molar refractivity (Wildman–Crippen MR) is 126 cm³/mol. The standard InChI is InChI=1S/C26H24F3N3O3/c1-17(15-32-16-23(30-31-32)19-6-11-22(33-2)12-7-19)35-24-13-8-20(14-25(24)34-3)18-4-9-21(10-5-18)26(27,28)29/h4-14,16-17H,15H2,1-3H3/t17-/m1/s1. The molecule has 0 N–H and O–H groups in total. The molecule has 0 bridgehead atoms. The number of halogens is 3. The van der Waals surface area contributed by atoms with E-state index in [0.717, 1.165) is 34.7 Å². The van der Waals surface area contributed by atoms with Crippen molar-refractivity contribution >= 4 is 0 Å². The highest BCUT2D eigenvalue weighted by atomic mass is 19.4. The lowest BCUT2D eigenvalue weighted by molar-refractivity contribution is -0.137. The fourth-order valence-electron chi connectivity index (χ4n) is 3.60. The van der Waals surface area contributed by atoms with Crippen molar-refractivity contribution in [2.75, 3.05) is 14.2 Å². The smallest absolute Gasteiger partial charge is 0.416 e. The summed E-state index contributed by atoms with van der Waals surface area (Å²) in [7, 11) is 3.13. The van der Waals surface area contributed by atoms with Crippen LogP contribution in [-0.2, 0) is 12.7 Å². The predicted octanol–water partition coefficient (Wildman–Crippen LogP) is 6.12. The van der Waals surface area contributed by atoms with E-state index in [1.54, 1.807) is 30.0 Å². The highest BCUT2D eigenvalue weighted by Crippen LogP contribution is 2.35. The Morgan fingerprint density at radius 3 is 2.11 bits per heavy atom. The van der Waals surface area contributed by atoms with E-state index in [1.165, 1.54) is 19.2 Å². The van der Waals surface area contributed by atoms with Gasteiger partial charge in [0.15, 0.2) is 11.5 Å². The van der Waals surface area contributed by atoms with E-state index in [-0.39, 0.29) is 6.10 Å². The Morgan fingerprint density at radius 2 is 1.49 bits per heavy atom. The molecule has 0 saturated heterocycles. The molecule has 1 heterocycles.